The molecule has 0 amide bonds. The number of aromatic nitrogens is 1. The van der Waals surface area contributed by atoms with E-state index in [0.717, 1.165) is 10.8 Å². The first-order chi connectivity index (χ1) is 9.77. The molecule has 0 fully saturated rings. The van der Waals surface area contributed by atoms with E-state index < -0.39 is 6.04 Å². The third-order valence-corrected chi connectivity index (χ3v) is 3.29. The summed E-state index contributed by atoms with van der Waals surface area (Å²) in [7, 11) is 0. The van der Waals surface area contributed by atoms with Crippen molar-refractivity contribution in [2.45, 2.75) is 6.04 Å². The average Bonchev–Trinajstić information content (AvgIpc) is 2.48. The van der Waals surface area contributed by atoms with Crippen molar-refractivity contribution in [2.24, 2.45) is 0 Å². The zero-order valence-corrected chi connectivity index (χ0v) is 10.6. The van der Waals surface area contributed by atoms with Gasteiger partial charge in [0, 0.05) is 22.1 Å². The normalized spacial score (nSPS) is 12.2. The van der Waals surface area contributed by atoms with Crippen LogP contribution in [0.3, 0.4) is 0 Å². The van der Waals surface area contributed by atoms with Crippen molar-refractivity contribution in [3.63, 3.8) is 0 Å². The van der Waals surface area contributed by atoms with Crippen molar-refractivity contribution in [1.82, 2.24) is 4.98 Å². The van der Waals surface area contributed by atoms with Gasteiger partial charge in [-0.05, 0) is 11.5 Å². The van der Waals surface area contributed by atoms with Gasteiger partial charge in [0.05, 0.1) is 0 Å². The number of rotatable bonds is 3. The fraction of sp³-hybridized carbons (Fsp3) is 0.0625. The number of nitro groups is 1. The Balaban J connectivity index is 2.23. The molecule has 0 spiro atoms. The number of benzene rings is 2. The zero-order valence-electron chi connectivity index (χ0n) is 10.6. The van der Waals surface area contributed by atoms with Crippen LogP contribution < -0.4 is 0 Å². The Morgan fingerprint density at radius 2 is 1.65 bits per heavy atom. The minimum Gasteiger partial charge on any atom is -0.263 e. The lowest BCUT2D eigenvalue weighted by atomic mass is 9.99. The van der Waals surface area contributed by atoms with Gasteiger partial charge in [-0.15, -0.1) is 0 Å². The maximum Gasteiger partial charge on any atom is 0.280 e. The van der Waals surface area contributed by atoms with Crippen LogP contribution in [-0.2, 0) is 0 Å². The van der Waals surface area contributed by atoms with Gasteiger partial charge in [-0.1, -0.05) is 54.6 Å². The second-order valence-electron chi connectivity index (χ2n) is 4.52. The maximum absolute atomic E-state index is 11.5. The van der Waals surface area contributed by atoms with Crippen molar-refractivity contribution in [1.29, 1.82) is 0 Å². The lowest BCUT2D eigenvalue weighted by molar-refractivity contribution is -0.517. The Morgan fingerprint density at radius 1 is 0.950 bits per heavy atom. The molecule has 0 aliphatic heterocycles. The Labute approximate surface area is 115 Å². The molecule has 98 valence electrons. The van der Waals surface area contributed by atoms with Gasteiger partial charge in [-0.25, -0.2) is 0 Å². The van der Waals surface area contributed by atoms with Crippen LogP contribution in [0.25, 0.3) is 10.8 Å². The van der Waals surface area contributed by atoms with E-state index in [0.29, 0.717) is 11.3 Å². The summed E-state index contributed by atoms with van der Waals surface area (Å²) in [4.78, 5) is 15.5. The van der Waals surface area contributed by atoms with E-state index in [2.05, 4.69) is 4.98 Å². The van der Waals surface area contributed by atoms with Crippen LogP contribution in [0.4, 0.5) is 0 Å². The SMILES string of the molecule is O=[N+]([O-])C(c1ccccc1)c1nccc2ccccc12. The molecule has 3 rings (SSSR count). The van der Waals surface area contributed by atoms with E-state index in [1.165, 1.54) is 0 Å². The average molecular weight is 264 g/mol. The minimum absolute atomic E-state index is 0.288. The van der Waals surface area contributed by atoms with Crippen molar-refractivity contribution in [3.8, 4) is 0 Å². The van der Waals surface area contributed by atoms with E-state index in [1.807, 2.05) is 36.4 Å². The minimum atomic E-state index is -0.942. The first-order valence-electron chi connectivity index (χ1n) is 6.29. The van der Waals surface area contributed by atoms with Crippen LogP contribution in [0, 0.1) is 10.1 Å². The molecule has 1 atom stereocenters. The molecule has 1 unspecified atom stereocenters. The Kier molecular flexibility index (Phi) is 3.13. The molecule has 3 aromatic rings. The van der Waals surface area contributed by atoms with Crippen molar-refractivity contribution in [3.05, 3.63) is 88.2 Å². The molecule has 4 nitrogen and oxygen atoms in total. The molecule has 1 heterocycles. The summed E-state index contributed by atoms with van der Waals surface area (Å²) in [6, 6.07) is 17.5. The van der Waals surface area contributed by atoms with E-state index in [4.69, 9.17) is 0 Å². The highest BCUT2D eigenvalue weighted by Crippen LogP contribution is 2.29. The summed E-state index contributed by atoms with van der Waals surface area (Å²) < 4.78 is 0. The summed E-state index contributed by atoms with van der Waals surface area (Å²) in [6.07, 6.45) is 1.62. The standard InChI is InChI=1S/C16H12N2O2/c19-18(20)16(13-7-2-1-3-8-13)15-14-9-5-4-6-12(14)10-11-17-15/h1-11,16H. The third-order valence-electron chi connectivity index (χ3n) is 3.29. The summed E-state index contributed by atoms with van der Waals surface area (Å²) in [5.41, 5.74) is 1.13. The predicted molar refractivity (Wildman–Crippen MR) is 77.0 cm³/mol. The van der Waals surface area contributed by atoms with Crippen LogP contribution in [0.1, 0.15) is 17.3 Å². The summed E-state index contributed by atoms with van der Waals surface area (Å²) in [5.74, 6) is 0. The number of hydrogen-bond acceptors (Lipinski definition) is 3. The number of hydrogen-bond donors (Lipinski definition) is 0. The van der Waals surface area contributed by atoms with Gasteiger partial charge >= 0.3 is 0 Å². The van der Waals surface area contributed by atoms with Crippen LogP contribution >= 0.6 is 0 Å². The molecule has 0 aliphatic carbocycles. The highest BCUT2D eigenvalue weighted by atomic mass is 16.6. The number of fused-ring (bicyclic) bond motifs is 1. The molecule has 20 heavy (non-hydrogen) atoms. The fourth-order valence-corrected chi connectivity index (χ4v) is 2.38. The summed E-state index contributed by atoms with van der Waals surface area (Å²) in [5, 5.41) is 13.3. The van der Waals surface area contributed by atoms with Gasteiger partial charge in [0.15, 0.2) is 0 Å². The molecule has 0 saturated carbocycles. The molecule has 0 aliphatic rings. The lowest BCUT2D eigenvalue weighted by Gasteiger charge is -2.11. The third kappa shape index (κ3) is 2.12. The molecular formula is C16H12N2O2. The van der Waals surface area contributed by atoms with Crippen molar-refractivity contribution >= 4 is 10.8 Å². The summed E-state index contributed by atoms with van der Waals surface area (Å²) in [6.45, 7) is 0. The second-order valence-corrected chi connectivity index (χ2v) is 4.52. The molecule has 2 aromatic carbocycles. The smallest absolute Gasteiger partial charge is 0.263 e. The molecule has 4 heteroatoms. The van der Waals surface area contributed by atoms with Gasteiger partial charge in [0.1, 0.15) is 5.69 Å². The van der Waals surface area contributed by atoms with E-state index in [9.17, 15) is 10.1 Å². The molecule has 0 saturated heterocycles. The largest absolute Gasteiger partial charge is 0.280 e. The van der Waals surface area contributed by atoms with Gasteiger partial charge < -0.3 is 0 Å². The Hall–Kier alpha value is -2.75. The number of nitrogens with zero attached hydrogens (tertiary/aromatic N) is 2. The first-order valence-corrected chi connectivity index (χ1v) is 6.29. The van der Waals surface area contributed by atoms with Crippen molar-refractivity contribution < 1.29 is 4.92 Å². The van der Waals surface area contributed by atoms with Gasteiger partial charge in [0.25, 0.3) is 6.04 Å². The monoisotopic (exact) mass is 264 g/mol. The Morgan fingerprint density at radius 3 is 2.40 bits per heavy atom. The lowest BCUT2D eigenvalue weighted by Crippen LogP contribution is -2.14. The maximum atomic E-state index is 11.5. The van der Waals surface area contributed by atoms with Gasteiger partial charge in [0.2, 0.25) is 0 Å². The molecule has 0 radical (unpaired) electrons. The summed E-state index contributed by atoms with van der Waals surface area (Å²) >= 11 is 0. The topological polar surface area (TPSA) is 56.0 Å². The number of pyridine rings is 1. The highest BCUT2D eigenvalue weighted by molar-refractivity contribution is 5.84. The molecule has 1 aromatic heterocycles. The molecular weight excluding hydrogens is 252 g/mol. The predicted octanol–water partition coefficient (Wildman–Crippen LogP) is 3.60. The second kappa shape index (κ2) is 5.09. The van der Waals surface area contributed by atoms with Crippen LogP contribution in [0.15, 0.2) is 66.9 Å². The van der Waals surface area contributed by atoms with Crippen LogP contribution in [-0.4, -0.2) is 9.91 Å². The zero-order chi connectivity index (χ0) is 13.9. The van der Waals surface area contributed by atoms with Crippen molar-refractivity contribution in [2.75, 3.05) is 0 Å². The van der Waals surface area contributed by atoms with Gasteiger partial charge in [-0.3, -0.25) is 15.1 Å². The van der Waals surface area contributed by atoms with E-state index >= 15 is 0 Å². The van der Waals surface area contributed by atoms with E-state index in [1.54, 1.807) is 30.5 Å². The van der Waals surface area contributed by atoms with Gasteiger partial charge in [-0.2, -0.15) is 0 Å². The van der Waals surface area contributed by atoms with Crippen LogP contribution in [0.5, 0.6) is 0 Å². The molecule has 0 N–H and O–H groups in total. The fourth-order valence-electron chi connectivity index (χ4n) is 2.38. The molecule has 0 bridgehead atoms. The first kappa shape index (κ1) is 12.3. The Bertz CT molecular complexity index is 751. The van der Waals surface area contributed by atoms with E-state index in [-0.39, 0.29) is 4.92 Å². The van der Waals surface area contributed by atoms with Crippen LogP contribution in [0.2, 0.25) is 0 Å². The highest BCUT2D eigenvalue weighted by Gasteiger charge is 2.28. The quantitative estimate of drug-likeness (QED) is 0.536.